The van der Waals surface area contributed by atoms with E-state index in [9.17, 15) is 14.4 Å². The summed E-state index contributed by atoms with van der Waals surface area (Å²) in [5.74, 6) is -0.872. The van der Waals surface area contributed by atoms with Crippen molar-refractivity contribution in [3.05, 3.63) is 71.3 Å². The SMILES string of the molecule is Cc1ccc(COC[C@@H](CC(=O)C(C)(C)N)C(=O)N2CCCC3(C2)C(=O)N(C)CC3c2ccccc2)cc1. The maximum Gasteiger partial charge on any atom is 0.231 e. The van der Waals surface area contributed by atoms with Crippen LogP contribution in [0.5, 0.6) is 0 Å². The van der Waals surface area contributed by atoms with Crippen LogP contribution in [0.15, 0.2) is 54.6 Å². The van der Waals surface area contributed by atoms with Crippen LogP contribution in [0.1, 0.15) is 55.7 Å². The lowest BCUT2D eigenvalue weighted by atomic mass is 9.69. The summed E-state index contributed by atoms with van der Waals surface area (Å²) in [6, 6.07) is 18.2. The van der Waals surface area contributed by atoms with Gasteiger partial charge in [-0.05, 0) is 44.7 Å². The van der Waals surface area contributed by atoms with Gasteiger partial charge in [0, 0.05) is 39.0 Å². The summed E-state index contributed by atoms with van der Waals surface area (Å²) in [4.78, 5) is 44.0. The van der Waals surface area contributed by atoms with Gasteiger partial charge in [-0.3, -0.25) is 14.4 Å². The fourth-order valence-corrected chi connectivity index (χ4v) is 5.87. The van der Waals surface area contributed by atoms with Crippen molar-refractivity contribution in [1.82, 2.24) is 9.80 Å². The van der Waals surface area contributed by atoms with Gasteiger partial charge in [0.05, 0.1) is 30.1 Å². The molecule has 2 aromatic carbocycles. The third-order valence-corrected chi connectivity index (χ3v) is 8.14. The number of nitrogens with zero attached hydrogens (tertiary/aromatic N) is 2. The number of carbonyl (C=O) groups is 3. The highest BCUT2D eigenvalue weighted by atomic mass is 16.5. The summed E-state index contributed by atoms with van der Waals surface area (Å²) in [6.45, 7) is 7.38. The Morgan fingerprint density at radius 2 is 1.82 bits per heavy atom. The van der Waals surface area contributed by atoms with E-state index in [1.807, 2.05) is 56.4 Å². The zero-order chi connectivity index (χ0) is 27.5. The standard InChI is InChI=1S/C31H41N3O4/c1-22-11-13-23(14-12-22)19-38-20-25(17-27(35)30(2,3)32)28(36)34-16-8-15-31(21-34)26(18-33(4)29(31)37)24-9-6-5-7-10-24/h5-7,9-14,25-26H,8,15-21,32H2,1-4H3/t25-,26?,31?/m1/s1. The Hall–Kier alpha value is -3.03. The molecule has 0 bridgehead atoms. The summed E-state index contributed by atoms with van der Waals surface area (Å²) < 4.78 is 5.98. The van der Waals surface area contributed by atoms with Gasteiger partial charge in [0.1, 0.15) is 0 Å². The highest BCUT2D eigenvalue weighted by molar-refractivity contribution is 5.92. The van der Waals surface area contributed by atoms with E-state index in [2.05, 4.69) is 12.1 Å². The summed E-state index contributed by atoms with van der Waals surface area (Å²) in [5.41, 5.74) is 7.68. The van der Waals surface area contributed by atoms with Crippen LogP contribution in [0, 0.1) is 18.3 Å². The molecule has 2 aliphatic heterocycles. The van der Waals surface area contributed by atoms with E-state index >= 15 is 0 Å². The molecule has 2 aromatic rings. The second-order valence-corrected chi connectivity index (χ2v) is 11.7. The molecule has 4 rings (SSSR count). The Morgan fingerprint density at radius 3 is 2.47 bits per heavy atom. The van der Waals surface area contributed by atoms with Crippen LogP contribution in [0.3, 0.4) is 0 Å². The Bertz CT molecular complexity index is 1140. The Labute approximate surface area is 226 Å². The van der Waals surface area contributed by atoms with Crippen molar-refractivity contribution in [1.29, 1.82) is 0 Å². The van der Waals surface area contributed by atoms with Gasteiger partial charge in [-0.1, -0.05) is 60.2 Å². The third-order valence-electron chi connectivity index (χ3n) is 8.14. The number of ether oxygens (including phenoxy) is 1. The van der Waals surface area contributed by atoms with Gasteiger partial charge >= 0.3 is 0 Å². The van der Waals surface area contributed by atoms with E-state index in [1.165, 1.54) is 0 Å². The summed E-state index contributed by atoms with van der Waals surface area (Å²) >= 11 is 0. The number of aryl methyl sites for hydroxylation is 1. The quantitative estimate of drug-likeness (QED) is 0.546. The minimum Gasteiger partial charge on any atom is -0.376 e. The van der Waals surface area contributed by atoms with Crippen LogP contribution in [-0.4, -0.2) is 66.2 Å². The number of likely N-dealkylation sites (tertiary alicyclic amines) is 2. The van der Waals surface area contributed by atoms with Crippen molar-refractivity contribution in [2.24, 2.45) is 17.1 Å². The molecule has 2 unspecified atom stereocenters. The monoisotopic (exact) mass is 519 g/mol. The minimum atomic E-state index is -1.04. The summed E-state index contributed by atoms with van der Waals surface area (Å²) in [5, 5.41) is 0. The van der Waals surface area contributed by atoms with Crippen molar-refractivity contribution >= 4 is 17.6 Å². The fraction of sp³-hybridized carbons (Fsp3) is 0.516. The molecule has 0 saturated carbocycles. The van der Waals surface area contributed by atoms with E-state index in [-0.39, 0.29) is 36.5 Å². The number of benzene rings is 2. The first-order valence-corrected chi connectivity index (χ1v) is 13.6. The van der Waals surface area contributed by atoms with Crippen LogP contribution in [0.25, 0.3) is 0 Å². The molecule has 0 radical (unpaired) electrons. The highest BCUT2D eigenvalue weighted by Crippen LogP contribution is 2.49. The van der Waals surface area contributed by atoms with Crippen LogP contribution >= 0.6 is 0 Å². The maximum atomic E-state index is 13.9. The van der Waals surface area contributed by atoms with Crippen molar-refractivity contribution in [3.8, 4) is 0 Å². The number of hydrogen-bond acceptors (Lipinski definition) is 5. The zero-order valence-electron chi connectivity index (χ0n) is 23.1. The second kappa shape index (κ2) is 11.4. The second-order valence-electron chi connectivity index (χ2n) is 11.7. The molecular weight excluding hydrogens is 478 g/mol. The van der Waals surface area contributed by atoms with E-state index in [1.54, 1.807) is 23.6 Å². The predicted molar refractivity (Wildman–Crippen MR) is 147 cm³/mol. The van der Waals surface area contributed by atoms with Crippen LogP contribution in [0.2, 0.25) is 0 Å². The molecule has 2 saturated heterocycles. The number of hydrogen-bond donors (Lipinski definition) is 1. The van der Waals surface area contributed by atoms with Gasteiger partial charge in [-0.25, -0.2) is 0 Å². The lowest BCUT2D eigenvalue weighted by molar-refractivity contribution is -0.148. The number of likely N-dealkylation sites (N-methyl/N-ethyl adjacent to an activating group) is 1. The van der Waals surface area contributed by atoms with Gasteiger partial charge in [0.25, 0.3) is 0 Å². The average Bonchev–Trinajstić information content (AvgIpc) is 3.13. The van der Waals surface area contributed by atoms with E-state index in [4.69, 9.17) is 10.5 Å². The molecule has 2 heterocycles. The van der Waals surface area contributed by atoms with Crippen LogP contribution in [-0.2, 0) is 25.7 Å². The molecular formula is C31H41N3O4. The van der Waals surface area contributed by atoms with Gasteiger partial charge in [-0.2, -0.15) is 0 Å². The zero-order valence-corrected chi connectivity index (χ0v) is 23.1. The van der Waals surface area contributed by atoms with Crippen molar-refractivity contribution < 1.29 is 19.1 Å². The molecule has 1 spiro atoms. The third kappa shape index (κ3) is 6.00. The lowest BCUT2D eigenvalue weighted by Crippen LogP contribution is -2.53. The van der Waals surface area contributed by atoms with Gasteiger partial charge in [0.15, 0.2) is 5.78 Å². The maximum absolute atomic E-state index is 13.9. The minimum absolute atomic E-state index is 0.00962. The molecule has 2 N–H and O–H groups in total. The number of nitrogens with two attached hydrogens (primary N) is 1. The molecule has 7 heteroatoms. The molecule has 0 aromatic heterocycles. The normalized spacial score (nSPS) is 22.7. The number of ketones is 1. The van der Waals surface area contributed by atoms with Crippen molar-refractivity contribution in [2.45, 2.75) is 58.1 Å². The van der Waals surface area contributed by atoms with Crippen LogP contribution < -0.4 is 5.73 Å². The lowest BCUT2D eigenvalue weighted by Gasteiger charge is -2.43. The first-order chi connectivity index (χ1) is 18.0. The number of rotatable bonds is 9. The summed E-state index contributed by atoms with van der Waals surface area (Å²) in [6.07, 6.45) is 1.49. The number of piperidine rings is 1. The molecule has 7 nitrogen and oxygen atoms in total. The molecule has 2 aliphatic rings. The Kier molecular flexibility index (Phi) is 8.38. The highest BCUT2D eigenvalue weighted by Gasteiger charge is 2.55. The predicted octanol–water partition coefficient (Wildman–Crippen LogP) is 3.69. The Morgan fingerprint density at radius 1 is 1.13 bits per heavy atom. The van der Waals surface area contributed by atoms with Crippen LogP contribution in [0.4, 0.5) is 0 Å². The average molecular weight is 520 g/mol. The number of amides is 2. The van der Waals surface area contributed by atoms with Crippen molar-refractivity contribution in [3.63, 3.8) is 0 Å². The Balaban J connectivity index is 1.53. The molecule has 2 fully saturated rings. The molecule has 204 valence electrons. The topological polar surface area (TPSA) is 92.9 Å². The van der Waals surface area contributed by atoms with E-state index in [0.717, 1.165) is 29.5 Å². The van der Waals surface area contributed by atoms with E-state index in [0.29, 0.717) is 26.2 Å². The molecule has 0 aliphatic carbocycles. The number of Topliss-reactive ketones (excluding diaryl/α,β-unsaturated/α-hetero) is 1. The molecule has 38 heavy (non-hydrogen) atoms. The largest absolute Gasteiger partial charge is 0.376 e. The number of carbonyl (C=O) groups excluding carboxylic acids is 3. The molecule has 2 amide bonds. The van der Waals surface area contributed by atoms with E-state index < -0.39 is 16.9 Å². The smallest absolute Gasteiger partial charge is 0.231 e. The first kappa shape index (κ1) is 28.0. The summed E-state index contributed by atoms with van der Waals surface area (Å²) in [7, 11) is 1.84. The molecule has 3 atom stereocenters. The van der Waals surface area contributed by atoms with Crippen molar-refractivity contribution in [2.75, 3.05) is 33.3 Å². The first-order valence-electron chi connectivity index (χ1n) is 13.6. The van der Waals surface area contributed by atoms with Gasteiger partial charge in [-0.15, -0.1) is 0 Å². The fourth-order valence-electron chi connectivity index (χ4n) is 5.87. The van der Waals surface area contributed by atoms with Gasteiger partial charge < -0.3 is 20.3 Å². The van der Waals surface area contributed by atoms with Gasteiger partial charge in [0.2, 0.25) is 11.8 Å².